The molecular formula is C30H24BrClN2O5. The lowest BCUT2D eigenvalue weighted by Crippen LogP contribution is -2.14. The zero-order chi connectivity index (χ0) is 27.9. The van der Waals surface area contributed by atoms with E-state index in [2.05, 4.69) is 39.4 Å². The van der Waals surface area contributed by atoms with Crippen LogP contribution in [0.4, 0.5) is 5.69 Å². The van der Waals surface area contributed by atoms with Crippen LogP contribution in [0.25, 0.3) is 16.8 Å². The molecule has 0 bridgehead atoms. The van der Waals surface area contributed by atoms with Gasteiger partial charge in [0.05, 0.1) is 36.5 Å². The summed E-state index contributed by atoms with van der Waals surface area (Å²) in [7, 11) is 4.43. The minimum absolute atomic E-state index is 0.135. The van der Waals surface area contributed by atoms with Gasteiger partial charge in [-0.25, -0.2) is 0 Å². The van der Waals surface area contributed by atoms with E-state index >= 15 is 0 Å². The van der Waals surface area contributed by atoms with Crippen LogP contribution in [-0.4, -0.2) is 27.2 Å². The lowest BCUT2D eigenvalue weighted by Gasteiger charge is -2.15. The lowest BCUT2D eigenvalue weighted by atomic mass is 10.1. The molecule has 0 aliphatic rings. The predicted octanol–water partition coefficient (Wildman–Crippen LogP) is 7.41. The molecule has 4 rings (SSSR count). The van der Waals surface area contributed by atoms with E-state index in [0.717, 1.165) is 16.3 Å². The normalized spacial score (nSPS) is 11.0. The highest BCUT2D eigenvalue weighted by atomic mass is 79.9. The van der Waals surface area contributed by atoms with Crippen LogP contribution in [0, 0.1) is 11.3 Å². The quantitative estimate of drug-likeness (QED) is 0.157. The monoisotopic (exact) mass is 606 g/mol. The average molecular weight is 608 g/mol. The van der Waals surface area contributed by atoms with Crippen LogP contribution in [0.5, 0.6) is 23.0 Å². The Morgan fingerprint density at radius 1 is 0.974 bits per heavy atom. The maximum atomic E-state index is 13.0. The number of carbonyl (C=O) groups is 1. The SMILES string of the molecule is COc1cc(NC(=O)/C(C#N)=C/c2cc(Br)c(OCc3cccc4ccccc34)c(OC)c2)c(OC)cc1Cl. The Bertz CT molecular complexity index is 1610. The van der Waals surface area contributed by atoms with Gasteiger partial charge in [0.2, 0.25) is 0 Å². The standard InChI is InChI=1S/C30H24BrClN2O5/c1-36-26-15-25(27(37-2)14-24(26)32)34-30(35)21(16-33)11-18-12-23(31)29(28(13-18)38-3)39-17-20-9-6-8-19-7-4-5-10-22(19)20/h4-15H,17H2,1-3H3,(H,34,35)/b21-11+. The number of rotatable bonds is 9. The van der Waals surface area contributed by atoms with Gasteiger partial charge in [-0.05, 0) is 56.0 Å². The van der Waals surface area contributed by atoms with Crippen LogP contribution in [0.15, 0.2) is 76.8 Å². The van der Waals surface area contributed by atoms with E-state index in [9.17, 15) is 10.1 Å². The van der Waals surface area contributed by atoms with Crippen molar-refractivity contribution in [3.63, 3.8) is 0 Å². The average Bonchev–Trinajstić information content (AvgIpc) is 2.95. The minimum atomic E-state index is -0.633. The third-order valence-electron chi connectivity index (χ3n) is 5.90. The highest BCUT2D eigenvalue weighted by Gasteiger charge is 2.17. The fraction of sp³-hybridized carbons (Fsp3) is 0.133. The van der Waals surface area contributed by atoms with Crippen molar-refractivity contribution in [3.05, 3.63) is 92.9 Å². The molecule has 1 N–H and O–H groups in total. The molecule has 198 valence electrons. The van der Waals surface area contributed by atoms with E-state index in [1.165, 1.54) is 39.5 Å². The molecule has 0 atom stereocenters. The van der Waals surface area contributed by atoms with Crippen molar-refractivity contribution in [1.29, 1.82) is 5.26 Å². The Morgan fingerprint density at radius 2 is 1.69 bits per heavy atom. The summed E-state index contributed by atoms with van der Waals surface area (Å²) in [6.45, 7) is 0.323. The molecule has 0 fully saturated rings. The zero-order valence-corrected chi connectivity index (χ0v) is 23.7. The Labute approximate surface area is 239 Å². The fourth-order valence-corrected chi connectivity index (χ4v) is 4.80. The third kappa shape index (κ3) is 6.28. The summed E-state index contributed by atoms with van der Waals surface area (Å²) >= 11 is 9.69. The van der Waals surface area contributed by atoms with Crippen molar-refractivity contribution in [1.82, 2.24) is 0 Å². The molecule has 4 aromatic carbocycles. The minimum Gasteiger partial charge on any atom is -0.495 e. The molecule has 0 heterocycles. The number of hydrogen-bond acceptors (Lipinski definition) is 6. The van der Waals surface area contributed by atoms with E-state index in [1.54, 1.807) is 12.1 Å². The van der Waals surface area contributed by atoms with E-state index in [-0.39, 0.29) is 5.57 Å². The molecular weight excluding hydrogens is 584 g/mol. The van der Waals surface area contributed by atoms with Crippen molar-refractivity contribution < 1.29 is 23.7 Å². The maximum absolute atomic E-state index is 13.0. The van der Waals surface area contributed by atoms with Gasteiger partial charge < -0.3 is 24.3 Å². The number of nitrogens with one attached hydrogen (secondary N) is 1. The summed E-state index contributed by atoms with van der Waals surface area (Å²) < 4.78 is 22.8. The van der Waals surface area contributed by atoms with E-state index < -0.39 is 5.91 Å². The lowest BCUT2D eigenvalue weighted by molar-refractivity contribution is -0.112. The van der Waals surface area contributed by atoms with Crippen LogP contribution in [0.3, 0.4) is 0 Å². The van der Waals surface area contributed by atoms with Crippen LogP contribution in [0.2, 0.25) is 5.02 Å². The van der Waals surface area contributed by atoms with Crippen LogP contribution in [0.1, 0.15) is 11.1 Å². The summed E-state index contributed by atoms with van der Waals surface area (Å²) in [6, 6.07) is 22.6. The highest BCUT2D eigenvalue weighted by molar-refractivity contribution is 9.10. The van der Waals surface area contributed by atoms with Crippen LogP contribution >= 0.6 is 27.5 Å². The molecule has 7 nitrogen and oxygen atoms in total. The first-order valence-electron chi connectivity index (χ1n) is 11.7. The summed E-state index contributed by atoms with van der Waals surface area (Å²) in [5.41, 5.74) is 1.76. The van der Waals surface area contributed by atoms with Gasteiger partial charge in [-0.3, -0.25) is 4.79 Å². The second kappa shape index (κ2) is 12.6. The molecule has 0 aliphatic carbocycles. The first kappa shape index (κ1) is 27.8. The number of nitrogens with zero attached hydrogens (tertiary/aromatic N) is 1. The van der Waals surface area contributed by atoms with Crippen molar-refractivity contribution >= 4 is 56.0 Å². The number of carbonyl (C=O) groups excluding carboxylic acids is 1. The van der Waals surface area contributed by atoms with E-state index in [0.29, 0.717) is 50.4 Å². The number of methoxy groups -OCH3 is 3. The molecule has 0 spiro atoms. The number of nitriles is 1. The molecule has 0 saturated heterocycles. The Morgan fingerprint density at radius 3 is 2.41 bits per heavy atom. The van der Waals surface area contributed by atoms with Crippen LogP contribution < -0.4 is 24.3 Å². The van der Waals surface area contributed by atoms with Gasteiger partial charge in [-0.1, -0.05) is 54.1 Å². The van der Waals surface area contributed by atoms with Gasteiger partial charge in [0, 0.05) is 12.1 Å². The molecule has 0 unspecified atom stereocenters. The van der Waals surface area contributed by atoms with Crippen molar-refractivity contribution in [2.45, 2.75) is 6.61 Å². The summed E-state index contributed by atoms with van der Waals surface area (Å²) in [6.07, 6.45) is 1.46. The topological polar surface area (TPSA) is 89.8 Å². The number of halogens is 2. The molecule has 9 heteroatoms. The number of ether oxygens (including phenoxy) is 4. The number of benzene rings is 4. The molecule has 1 amide bonds. The van der Waals surface area contributed by atoms with Gasteiger partial charge in [0.25, 0.3) is 5.91 Å². The number of fused-ring (bicyclic) bond motifs is 1. The summed E-state index contributed by atoms with van der Waals surface area (Å²) in [5.74, 6) is 0.985. The van der Waals surface area contributed by atoms with E-state index in [4.69, 9.17) is 30.5 Å². The molecule has 0 aliphatic heterocycles. The maximum Gasteiger partial charge on any atom is 0.266 e. The third-order valence-corrected chi connectivity index (χ3v) is 6.79. The Kier molecular flexibility index (Phi) is 8.97. The van der Waals surface area contributed by atoms with Gasteiger partial charge in [0.15, 0.2) is 11.5 Å². The van der Waals surface area contributed by atoms with Crippen LogP contribution in [-0.2, 0) is 11.4 Å². The van der Waals surface area contributed by atoms with Gasteiger partial charge in [-0.2, -0.15) is 5.26 Å². The van der Waals surface area contributed by atoms with Crippen molar-refractivity contribution in [2.24, 2.45) is 0 Å². The predicted molar refractivity (Wildman–Crippen MR) is 156 cm³/mol. The largest absolute Gasteiger partial charge is 0.495 e. The Hall–Kier alpha value is -4.19. The molecule has 0 aromatic heterocycles. The molecule has 39 heavy (non-hydrogen) atoms. The smallest absolute Gasteiger partial charge is 0.266 e. The first-order chi connectivity index (χ1) is 18.9. The van der Waals surface area contributed by atoms with Gasteiger partial charge >= 0.3 is 0 Å². The van der Waals surface area contributed by atoms with Crippen molar-refractivity contribution in [2.75, 3.05) is 26.6 Å². The second-order valence-electron chi connectivity index (χ2n) is 8.27. The number of hydrogen-bond donors (Lipinski definition) is 1. The second-order valence-corrected chi connectivity index (χ2v) is 9.53. The van der Waals surface area contributed by atoms with Crippen molar-refractivity contribution in [3.8, 4) is 29.1 Å². The van der Waals surface area contributed by atoms with E-state index in [1.807, 2.05) is 30.3 Å². The fourth-order valence-electron chi connectivity index (χ4n) is 3.99. The van der Waals surface area contributed by atoms with Gasteiger partial charge in [-0.15, -0.1) is 0 Å². The molecule has 0 saturated carbocycles. The van der Waals surface area contributed by atoms with Gasteiger partial charge in [0.1, 0.15) is 29.7 Å². The Balaban J connectivity index is 1.58. The summed E-state index contributed by atoms with van der Waals surface area (Å²) in [4.78, 5) is 13.0. The number of anilines is 1. The highest BCUT2D eigenvalue weighted by Crippen LogP contribution is 2.39. The number of amides is 1. The zero-order valence-electron chi connectivity index (χ0n) is 21.4. The molecule has 4 aromatic rings. The first-order valence-corrected chi connectivity index (χ1v) is 12.9. The molecule has 0 radical (unpaired) electrons. The summed E-state index contributed by atoms with van der Waals surface area (Å²) in [5, 5.41) is 15.0.